The van der Waals surface area contributed by atoms with Crippen molar-refractivity contribution in [3.63, 3.8) is 0 Å². The van der Waals surface area contributed by atoms with Crippen LogP contribution >= 0.6 is 0 Å². The van der Waals surface area contributed by atoms with Crippen LogP contribution in [0, 0.1) is 12.3 Å². The van der Waals surface area contributed by atoms with Gasteiger partial charge in [0.25, 0.3) is 0 Å². The van der Waals surface area contributed by atoms with E-state index in [4.69, 9.17) is 5.41 Å². The number of nitrogens with one attached hydrogen (secondary N) is 1. The Morgan fingerprint density at radius 2 is 1.79 bits per heavy atom. The summed E-state index contributed by atoms with van der Waals surface area (Å²) in [4.78, 5) is 0. The fourth-order valence-corrected chi connectivity index (χ4v) is 1.49. The molecule has 0 saturated carbocycles. The number of aryl methyl sites for hydroxylation is 1. The third kappa shape index (κ3) is 2.22. The summed E-state index contributed by atoms with van der Waals surface area (Å²) in [6, 6.07) is 6.40. The van der Waals surface area contributed by atoms with Crippen molar-refractivity contribution in [2.24, 2.45) is 0 Å². The Balaban J connectivity index is 3.27. The summed E-state index contributed by atoms with van der Waals surface area (Å²) in [7, 11) is 0. The van der Waals surface area contributed by atoms with Gasteiger partial charge >= 0.3 is 0 Å². The van der Waals surface area contributed by atoms with Crippen molar-refractivity contribution in [1.82, 2.24) is 0 Å². The Morgan fingerprint density at radius 1 is 1.21 bits per heavy atom. The van der Waals surface area contributed by atoms with Crippen LogP contribution in [0.4, 0.5) is 0 Å². The summed E-state index contributed by atoms with van der Waals surface area (Å²) in [5.74, 6) is 0. The molecule has 14 heavy (non-hydrogen) atoms. The first-order valence-electron chi connectivity index (χ1n) is 4.99. The lowest BCUT2D eigenvalue weighted by molar-refractivity contribution is 0.590. The average Bonchev–Trinajstić information content (AvgIpc) is 2.02. The van der Waals surface area contributed by atoms with Crippen molar-refractivity contribution in [3.05, 3.63) is 34.9 Å². The smallest absolute Gasteiger partial charge is 0.0357 e. The summed E-state index contributed by atoms with van der Waals surface area (Å²) in [5.41, 5.74) is 4.36. The van der Waals surface area contributed by atoms with E-state index in [2.05, 4.69) is 45.9 Å². The van der Waals surface area contributed by atoms with Crippen molar-refractivity contribution in [2.75, 3.05) is 0 Å². The zero-order chi connectivity index (χ0) is 10.9. The summed E-state index contributed by atoms with van der Waals surface area (Å²) in [5, 5.41) is 7.68. The standard InChI is InChI=1S/C13H19N/c1-9-6-7-11(13(3,4)5)8-12(9)10(2)14/h6-8,14H,1-5H3. The van der Waals surface area contributed by atoms with Gasteiger partial charge in [-0.1, -0.05) is 32.9 Å². The summed E-state index contributed by atoms with van der Waals surface area (Å²) in [6.07, 6.45) is 0. The van der Waals surface area contributed by atoms with Gasteiger partial charge in [-0.05, 0) is 42.0 Å². The molecule has 0 aliphatic rings. The normalized spacial score (nSPS) is 11.5. The van der Waals surface area contributed by atoms with Gasteiger partial charge in [0.2, 0.25) is 0 Å². The minimum absolute atomic E-state index is 0.165. The second-order valence-corrected chi connectivity index (χ2v) is 4.90. The lowest BCUT2D eigenvalue weighted by atomic mass is 9.85. The molecule has 0 bridgehead atoms. The molecular weight excluding hydrogens is 170 g/mol. The molecule has 1 aromatic carbocycles. The van der Waals surface area contributed by atoms with E-state index < -0.39 is 0 Å². The van der Waals surface area contributed by atoms with Crippen molar-refractivity contribution in [2.45, 2.75) is 40.0 Å². The molecule has 0 saturated heterocycles. The molecule has 0 radical (unpaired) electrons. The molecule has 0 heterocycles. The molecule has 0 aliphatic carbocycles. The van der Waals surface area contributed by atoms with E-state index in [0.29, 0.717) is 5.71 Å². The number of hydrogen-bond donors (Lipinski definition) is 1. The van der Waals surface area contributed by atoms with Crippen LogP contribution in [0.1, 0.15) is 44.4 Å². The molecule has 1 nitrogen and oxygen atoms in total. The lowest BCUT2D eigenvalue weighted by Gasteiger charge is -2.20. The van der Waals surface area contributed by atoms with Gasteiger partial charge in [-0.3, -0.25) is 0 Å². The highest BCUT2D eigenvalue weighted by atomic mass is 14.4. The topological polar surface area (TPSA) is 23.9 Å². The molecule has 1 N–H and O–H groups in total. The van der Waals surface area contributed by atoms with Crippen LogP contribution < -0.4 is 0 Å². The predicted molar refractivity (Wildman–Crippen MR) is 62.4 cm³/mol. The van der Waals surface area contributed by atoms with Crippen LogP contribution in [0.3, 0.4) is 0 Å². The number of rotatable bonds is 1. The van der Waals surface area contributed by atoms with E-state index in [1.165, 1.54) is 11.1 Å². The van der Waals surface area contributed by atoms with E-state index in [1.807, 2.05) is 6.92 Å². The van der Waals surface area contributed by atoms with Crippen LogP contribution in [0.2, 0.25) is 0 Å². The van der Waals surface area contributed by atoms with Crippen molar-refractivity contribution < 1.29 is 0 Å². The van der Waals surface area contributed by atoms with E-state index in [0.717, 1.165) is 5.56 Å². The molecule has 0 aliphatic heterocycles. The first-order valence-corrected chi connectivity index (χ1v) is 4.99. The molecule has 0 aromatic heterocycles. The quantitative estimate of drug-likeness (QED) is 0.652. The molecule has 0 atom stereocenters. The van der Waals surface area contributed by atoms with Crippen LogP contribution in [0.25, 0.3) is 0 Å². The van der Waals surface area contributed by atoms with E-state index in [1.54, 1.807) is 0 Å². The van der Waals surface area contributed by atoms with Gasteiger partial charge in [0.1, 0.15) is 0 Å². The van der Waals surface area contributed by atoms with Gasteiger partial charge in [-0.15, -0.1) is 0 Å². The summed E-state index contributed by atoms with van der Waals surface area (Å²) >= 11 is 0. The molecule has 0 fully saturated rings. The molecule has 1 heteroatoms. The maximum Gasteiger partial charge on any atom is 0.0357 e. The maximum atomic E-state index is 7.68. The Labute approximate surface area is 86.7 Å². The third-order valence-electron chi connectivity index (χ3n) is 2.51. The van der Waals surface area contributed by atoms with E-state index in [9.17, 15) is 0 Å². The monoisotopic (exact) mass is 189 g/mol. The van der Waals surface area contributed by atoms with E-state index >= 15 is 0 Å². The van der Waals surface area contributed by atoms with Gasteiger partial charge < -0.3 is 5.41 Å². The second kappa shape index (κ2) is 3.56. The minimum Gasteiger partial charge on any atom is -0.305 e. The van der Waals surface area contributed by atoms with E-state index in [-0.39, 0.29) is 5.41 Å². The molecule has 76 valence electrons. The molecular formula is C13H19N. The van der Waals surface area contributed by atoms with Crippen LogP contribution in [-0.2, 0) is 5.41 Å². The van der Waals surface area contributed by atoms with Crippen molar-refractivity contribution >= 4 is 5.71 Å². The predicted octanol–water partition coefficient (Wildman–Crippen LogP) is 3.68. The molecule has 1 rings (SSSR count). The Kier molecular flexibility index (Phi) is 2.79. The molecule has 1 aromatic rings. The van der Waals surface area contributed by atoms with Gasteiger partial charge in [0, 0.05) is 5.71 Å². The zero-order valence-electron chi connectivity index (χ0n) is 9.73. The molecule has 0 spiro atoms. The highest BCUT2D eigenvalue weighted by molar-refractivity contribution is 5.97. The van der Waals surface area contributed by atoms with Crippen LogP contribution in [0.5, 0.6) is 0 Å². The SMILES string of the molecule is CC(=N)c1cc(C(C)(C)C)ccc1C. The Hall–Kier alpha value is -1.11. The summed E-state index contributed by atoms with van der Waals surface area (Å²) in [6.45, 7) is 10.5. The highest BCUT2D eigenvalue weighted by Gasteiger charge is 2.14. The maximum absolute atomic E-state index is 7.68. The second-order valence-electron chi connectivity index (χ2n) is 4.90. The fraction of sp³-hybridized carbons (Fsp3) is 0.462. The first kappa shape index (κ1) is 11.0. The Bertz CT molecular complexity index is 356. The highest BCUT2D eigenvalue weighted by Crippen LogP contribution is 2.24. The molecule has 0 amide bonds. The Morgan fingerprint density at radius 3 is 2.21 bits per heavy atom. The number of benzene rings is 1. The molecule has 0 unspecified atom stereocenters. The van der Waals surface area contributed by atoms with Gasteiger partial charge in [0.15, 0.2) is 0 Å². The lowest BCUT2D eigenvalue weighted by Crippen LogP contribution is -2.12. The average molecular weight is 189 g/mol. The van der Waals surface area contributed by atoms with Crippen molar-refractivity contribution in [3.8, 4) is 0 Å². The minimum atomic E-state index is 0.165. The van der Waals surface area contributed by atoms with Crippen molar-refractivity contribution in [1.29, 1.82) is 5.41 Å². The number of hydrogen-bond acceptors (Lipinski definition) is 1. The first-order chi connectivity index (χ1) is 6.32. The fourth-order valence-electron chi connectivity index (χ4n) is 1.49. The summed E-state index contributed by atoms with van der Waals surface area (Å²) < 4.78 is 0. The van der Waals surface area contributed by atoms with Gasteiger partial charge in [0.05, 0.1) is 0 Å². The van der Waals surface area contributed by atoms with Crippen LogP contribution in [0.15, 0.2) is 18.2 Å². The van der Waals surface area contributed by atoms with Crippen LogP contribution in [-0.4, -0.2) is 5.71 Å². The largest absolute Gasteiger partial charge is 0.305 e. The van der Waals surface area contributed by atoms with Gasteiger partial charge in [-0.25, -0.2) is 0 Å². The zero-order valence-corrected chi connectivity index (χ0v) is 9.73. The third-order valence-corrected chi connectivity index (χ3v) is 2.51. The van der Waals surface area contributed by atoms with Gasteiger partial charge in [-0.2, -0.15) is 0 Å².